The van der Waals surface area contributed by atoms with Crippen LogP contribution in [0.2, 0.25) is 0 Å². The van der Waals surface area contributed by atoms with Crippen molar-refractivity contribution < 1.29 is 4.79 Å². The third-order valence-corrected chi connectivity index (χ3v) is 3.51. The smallest absolute Gasteiger partial charge is 0.135 e. The van der Waals surface area contributed by atoms with Crippen LogP contribution < -0.4 is 0 Å². The maximum absolute atomic E-state index is 11.2. The number of ketones is 1. The number of hydrogen-bond acceptors (Lipinski definition) is 2. The van der Waals surface area contributed by atoms with Crippen molar-refractivity contribution in [1.82, 2.24) is 4.90 Å². The Balaban J connectivity index is 1.88. The van der Waals surface area contributed by atoms with Gasteiger partial charge in [-0.05, 0) is 25.2 Å². The third kappa shape index (κ3) is 2.11. The molecular weight excluding hydrogens is 162 g/mol. The van der Waals surface area contributed by atoms with Gasteiger partial charge in [-0.2, -0.15) is 0 Å². The summed E-state index contributed by atoms with van der Waals surface area (Å²) >= 11 is 0. The van der Waals surface area contributed by atoms with E-state index in [9.17, 15) is 4.79 Å². The molecule has 0 bridgehead atoms. The van der Waals surface area contributed by atoms with Crippen molar-refractivity contribution in [3.63, 3.8) is 0 Å². The summed E-state index contributed by atoms with van der Waals surface area (Å²) in [6, 6.07) is 0.485. The lowest BCUT2D eigenvalue weighted by atomic mass is 9.99. The Kier molecular flexibility index (Phi) is 2.18. The van der Waals surface area contributed by atoms with E-state index in [0.717, 1.165) is 19.4 Å². The van der Waals surface area contributed by atoms with Gasteiger partial charge in [0.2, 0.25) is 0 Å². The Morgan fingerprint density at radius 1 is 1.54 bits per heavy atom. The molecule has 74 valence electrons. The van der Waals surface area contributed by atoms with E-state index in [1.54, 1.807) is 0 Å². The fourth-order valence-corrected chi connectivity index (χ4v) is 2.15. The molecule has 0 spiro atoms. The van der Waals surface area contributed by atoms with E-state index in [4.69, 9.17) is 0 Å². The average molecular weight is 181 g/mol. The molecule has 2 fully saturated rings. The third-order valence-electron chi connectivity index (χ3n) is 3.51. The summed E-state index contributed by atoms with van der Waals surface area (Å²) in [5.41, 5.74) is 0.592. The monoisotopic (exact) mass is 181 g/mol. The fraction of sp³-hybridized carbons (Fsp3) is 0.909. The molecule has 2 rings (SSSR count). The molecule has 1 saturated carbocycles. The molecule has 1 aliphatic heterocycles. The number of carbonyl (C=O) groups excluding carboxylic acids is 1. The quantitative estimate of drug-likeness (QED) is 0.648. The molecule has 1 atom stereocenters. The second-order valence-electron chi connectivity index (χ2n) is 5.12. The van der Waals surface area contributed by atoms with Crippen molar-refractivity contribution in [2.45, 2.75) is 45.6 Å². The molecule has 1 aliphatic carbocycles. The van der Waals surface area contributed by atoms with Crippen LogP contribution in [0.1, 0.15) is 39.5 Å². The zero-order valence-electron chi connectivity index (χ0n) is 8.68. The minimum atomic E-state index is 0.449. The topological polar surface area (TPSA) is 20.3 Å². The van der Waals surface area contributed by atoms with Gasteiger partial charge in [0, 0.05) is 32.0 Å². The average Bonchev–Trinajstić information content (AvgIpc) is 2.75. The molecule has 2 nitrogen and oxygen atoms in total. The minimum absolute atomic E-state index is 0.449. The Bertz CT molecular complexity index is 220. The molecule has 1 unspecified atom stereocenters. The summed E-state index contributed by atoms with van der Waals surface area (Å²) in [5, 5.41) is 0. The van der Waals surface area contributed by atoms with Gasteiger partial charge in [-0.25, -0.2) is 0 Å². The van der Waals surface area contributed by atoms with Gasteiger partial charge in [-0.1, -0.05) is 6.92 Å². The van der Waals surface area contributed by atoms with Gasteiger partial charge in [-0.15, -0.1) is 0 Å². The second-order valence-corrected chi connectivity index (χ2v) is 5.12. The molecule has 0 radical (unpaired) electrons. The molecule has 13 heavy (non-hydrogen) atoms. The maximum atomic E-state index is 11.2. The fourth-order valence-electron chi connectivity index (χ4n) is 2.15. The first-order chi connectivity index (χ1) is 6.09. The Morgan fingerprint density at radius 3 is 2.77 bits per heavy atom. The van der Waals surface area contributed by atoms with Crippen molar-refractivity contribution in [2.24, 2.45) is 5.41 Å². The Hall–Kier alpha value is -0.370. The molecule has 0 aromatic heterocycles. The lowest BCUT2D eigenvalue weighted by Gasteiger charge is -2.34. The molecule has 0 amide bonds. The summed E-state index contributed by atoms with van der Waals surface area (Å²) in [5.74, 6) is 0.449. The molecular formula is C11H19NO. The van der Waals surface area contributed by atoms with E-state index < -0.39 is 0 Å². The van der Waals surface area contributed by atoms with E-state index in [1.807, 2.05) is 0 Å². The zero-order valence-corrected chi connectivity index (χ0v) is 8.68. The lowest BCUT2D eigenvalue weighted by Crippen LogP contribution is -2.43. The lowest BCUT2D eigenvalue weighted by molar-refractivity contribution is -0.123. The number of rotatable bonds is 2. The first kappa shape index (κ1) is 9.20. The number of likely N-dealkylation sites (tertiary alicyclic amines) is 1. The van der Waals surface area contributed by atoms with E-state index in [2.05, 4.69) is 18.7 Å². The first-order valence-corrected chi connectivity index (χ1v) is 5.35. The van der Waals surface area contributed by atoms with Crippen LogP contribution in [0.15, 0.2) is 0 Å². The number of Topliss-reactive ketones (excluding diaryl/α,β-unsaturated/α-hetero) is 1. The van der Waals surface area contributed by atoms with Crippen molar-refractivity contribution in [1.29, 1.82) is 0 Å². The predicted octanol–water partition coefficient (Wildman–Crippen LogP) is 1.84. The Labute approximate surface area is 80.3 Å². The van der Waals surface area contributed by atoms with Crippen LogP contribution >= 0.6 is 0 Å². The number of nitrogens with zero attached hydrogens (tertiary/aromatic N) is 1. The summed E-state index contributed by atoms with van der Waals surface area (Å²) in [6.07, 6.45) is 4.31. The normalized spacial score (nSPS) is 33.4. The van der Waals surface area contributed by atoms with Crippen LogP contribution in [0.4, 0.5) is 0 Å². The van der Waals surface area contributed by atoms with Crippen LogP contribution in [-0.4, -0.2) is 29.8 Å². The SMILES string of the molecule is CC1CC(=O)CCN1CC1(C)CC1. The van der Waals surface area contributed by atoms with E-state index in [1.165, 1.54) is 19.4 Å². The van der Waals surface area contributed by atoms with Crippen LogP contribution in [0.3, 0.4) is 0 Å². The predicted molar refractivity (Wildman–Crippen MR) is 52.6 cm³/mol. The molecule has 1 heterocycles. The molecule has 2 heteroatoms. The van der Waals surface area contributed by atoms with Crippen molar-refractivity contribution in [3.8, 4) is 0 Å². The molecule has 0 aromatic carbocycles. The highest BCUT2D eigenvalue weighted by atomic mass is 16.1. The van der Waals surface area contributed by atoms with Gasteiger partial charge in [0.25, 0.3) is 0 Å². The highest BCUT2D eigenvalue weighted by Gasteiger charge is 2.40. The van der Waals surface area contributed by atoms with Crippen molar-refractivity contribution >= 4 is 5.78 Å². The van der Waals surface area contributed by atoms with Gasteiger partial charge in [0.15, 0.2) is 0 Å². The van der Waals surface area contributed by atoms with Gasteiger partial charge in [0.05, 0.1) is 0 Å². The van der Waals surface area contributed by atoms with Crippen LogP contribution in [0, 0.1) is 5.41 Å². The number of carbonyl (C=O) groups is 1. The second kappa shape index (κ2) is 3.09. The summed E-state index contributed by atoms with van der Waals surface area (Å²) in [6.45, 7) is 6.75. The van der Waals surface area contributed by atoms with E-state index in [0.29, 0.717) is 17.2 Å². The van der Waals surface area contributed by atoms with Crippen LogP contribution in [0.5, 0.6) is 0 Å². The molecule has 0 N–H and O–H groups in total. The maximum Gasteiger partial charge on any atom is 0.135 e. The van der Waals surface area contributed by atoms with Crippen LogP contribution in [-0.2, 0) is 4.79 Å². The van der Waals surface area contributed by atoms with Gasteiger partial charge < -0.3 is 0 Å². The largest absolute Gasteiger partial charge is 0.300 e. The Morgan fingerprint density at radius 2 is 2.23 bits per heavy atom. The number of piperidine rings is 1. The number of hydrogen-bond donors (Lipinski definition) is 0. The summed E-state index contributed by atoms with van der Waals surface area (Å²) in [7, 11) is 0. The van der Waals surface area contributed by atoms with E-state index in [-0.39, 0.29) is 0 Å². The van der Waals surface area contributed by atoms with Crippen molar-refractivity contribution in [2.75, 3.05) is 13.1 Å². The molecule has 0 aromatic rings. The van der Waals surface area contributed by atoms with Gasteiger partial charge in [0.1, 0.15) is 5.78 Å². The van der Waals surface area contributed by atoms with Gasteiger partial charge in [-0.3, -0.25) is 9.69 Å². The zero-order chi connectivity index (χ0) is 9.47. The highest BCUT2D eigenvalue weighted by Crippen LogP contribution is 2.46. The summed E-state index contributed by atoms with van der Waals surface area (Å²) in [4.78, 5) is 13.7. The standard InChI is InChI=1S/C11H19NO/c1-9-7-10(13)3-6-12(9)8-11(2)4-5-11/h9H,3-8H2,1-2H3. The highest BCUT2D eigenvalue weighted by molar-refractivity contribution is 5.79. The van der Waals surface area contributed by atoms with E-state index >= 15 is 0 Å². The molecule has 1 saturated heterocycles. The van der Waals surface area contributed by atoms with Gasteiger partial charge >= 0.3 is 0 Å². The summed E-state index contributed by atoms with van der Waals surface area (Å²) < 4.78 is 0. The first-order valence-electron chi connectivity index (χ1n) is 5.35. The molecule has 2 aliphatic rings. The van der Waals surface area contributed by atoms with Crippen molar-refractivity contribution in [3.05, 3.63) is 0 Å². The van der Waals surface area contributed by atoms with Crippen LogP contribution in [0.25, 0.3) is 0 Å². The minimum Gasteiger partial charge on any atom is -0.300 e.